The summed E-state index contributed by atoms with van der Waals surface area (Å²) in [6, 6.07) is 2.87. The van der Waals surface area contributed by atoms with E-state index in [1.807, 2.05) is 0 Å². The van der Waals surface area contributed by atoms with E-state index >= 15 is 0 Å². The highest BCUT2D eigenvalue weighted by Crippen LogP contribution is 2.48. The molecule has 0 aromatic carbocycles. The van der Waals surface area contributed by atoms with Gasteiger partial charge in [-0.2, -0.15) is 0 Å². The van der Waals surface area contributed by atoms with Crippen LogP contribution in [0.4, 0.5) is 5.82 Å². The van der Waals surface area contributed by atoms with Gasteiger partial charge in [-0.3, -0.25) is 4.79 Å². The number of fused-ring (bicyclic) bond motifs is 1. The minimum Gasteiger partial charge on any atom is -0.460 e. The standard InChI is InChI=1S/C19H24N4O4/c1-3-7-27-19(26)15-9-12-8-14(12)23(15)16(25)10-22-18-13(5-4-6-21-18)17(20)11(2)24/h3-6,11-12,14-15,20,24H,1,7-10H2,2H3,(H,21,22)/t11?,12-,14-,15?/m1/s1. The van der Waals surface area contributed by atoms with E-state index in [2.05, 4.69) is 16.9 Å². The lowest BCUT2D eigenvalue weighted by Gasteiger charge is -2.26. The lowest BCUT2D eigenvalue weighted by atomic mass is 10.1. The van der Waals surface area contributed by atoms with Crippen molar-refractivity contribution in [3.63, 3.8) is 0 Å². The van der Waals surface area contributed by atoms with Gasteiger partial charge in [-0.25, -0.2) is 9.78 Å². The van der Waals surface area contributed by atoms with Crippen molar-refractivity contribution in [3.05, 3.63) is 36.5 Å². The Morgan fingerprint density at radius 2 is 2.33 bits per heavy atom. The van der Waals surface area contributed by atoms with Crippen LogP contribution in [0, 0.1) is 11.3 Å². The highest BCUT2D eigenvalue weighted by molar-refractivity contribution is 6.05. The Balaban J connectivity index is 1.66. The minimum absolute atomic E-state index is 0.0207. The van der Waals surface area contributed by atoms with E-state index in [1.54, 1.807) is 23.2 Å². The predicted molar refractivity (Wildman–Crippen MR) is 99.5 cm³/mol. The van der Waals surface area contributed by atoms with Gasteiger partial charge in [0, 0.05) is 17.8 Å². The van der Waals surface area contributed by atoms with Crippen molar-refractivity contribution in [1.82, 2.24) is 9.88 Å². The first kappa shape index (κ1) is 19.0. The summed E-state index contributed by atoms with van der Waals surface area (Å²) in [4.78, 5) is 30.8. The Bertz CT molecular complexity index is 764. The summed E-state index contributed by atoms with van der Waals surface area (Å²) in [5, 5.41) is 20.6. The fraction of sp³-hybridized carbons (Fsp3) is 0.474. The van der Waals surface area contributed by atoms with Gasteiger partial charge < -0.3 is 25.5 Å². The molecule has 1 aromatic rings. The lowest BCUT2D eigenvalue weighted by Crippen LogP contribution is -2.46. The smallest absolute Gasteiger partial charge is 0.329 e. The topological polar surface area (TPSA) is 116 Å². The molecule has 1 aliphatic heterocycles. The predicted octanol–water partition coefficient (Wildman–Crippen LogP) is 0.961. The maximum atomic E-state index is 12.8. The third-order valence-electron chi connectivity index (χ3n) is 4.93. The number of ether oxygens (including phenoxy) is 1. The van der Waals surface area contributed by atoms with Gasteiger partial charge in [0.2, 0.25) is 5.91 Å². The normalized spacial score (nSPS) is 23.9. The van der Waals surface area contributed by atoms with Crippen molar-refractivity contribution in [3.8, 4) is 0 Å². The van der Waals surface area contributed by atoms with Crippen LogP contribution < -0.4 is 5.32 Å². The number of piperidine rings is 1. The van der Waals surface area contributed by atoms with Crippen molar-refractivity contribution in [2.24, 2.45) is 5.92 Å². The molecule has 2 fully saturated rings. The summed E-state index contributed by atoms with van der Waals surface area (Å²) in [6.07, 6.45) is 3.65. The summed E-state index contributed by atoms with van der Waals surface area (Å²) < 4.78 is 5.12. The molecule has 1 saturated heterocycles. The second-order valence-corrected chi connectivity index (χ2v) is 6.88. The Morgan fingerprint density at radius 1 is 1.56 bits per heavy atom. The molecule has 4 atom stereocenters. The third-order valence-corrected chi connectivity index (χ3v) is 4.93. The number of nitrogens with zero attached hydrogens (tertiary/aromatic N) is 2. The first-order valence-electron chi connectivity index (χ1n) is 8.98. The van der Waals surface area contributed by atoms with Crippen molar-refractivity contribution in [2.45, 2.75) is 38.0 Å². The van der Waals surface area contributed by atoms with Crippen LogP contribution in [-0.4, -0.2) is 63.9 Å². The minimum atomic E-state index is -0.944. The average molecular weight is 372 g/mol. The largest absolute Gasteiger partial charge is 0.460 e. The maximum Gasteiger partial charge on any atom is 0.329 e. The van der Waals surface area contributed by atoms with Crippen LogP contribution in [0.2, 0.25) is 0 Å². The van der Waals surface area contributed by atoms with E-state index in [1.165, 1.54) is 13.0 Å². The Labute approximate surface area is 157 Å². The van der Waals surface area contributed by atoms with Crippen LogP contribution in [0.15, 0.2) is 31.0 Å². The van der Waals surface area contributed by atoms with Crippen LogP contribution in [0.25, 0.3) is 0 Å². The Morgan fingerprint density at radius 3 is 3.04 bits per heavy atom. The van der Waals surface area contributed by atoms with Crippen LogP contribution >= 0.6 is 0 Å². The second kappa shape index (κ2) is 7.87. The maximum absolute atomic E-state index is 12.8. The number of nitrogens with one attached hydrogen (secondary N) is 2. The summed E-state index contributed by atoms with van der Waals surface area (Å²) in [7, 11) is 0. The Hall–Kier alpha value is -2.74. The molecule has 0 radical (unpaired) electrons. The van der Waals surface area contributed by atoms with Gasteiger partial charge in [0.25, 0.3) is 0 Å². The third kappa shape index (κ3) is 4.00. The number of rotatable bonds is 8. The molecule has 8 heteroatoms. The van der Waals surface area contributed by atoms with Crippen molar-refractivity contribution < 1.29 is 19.4 Å². The first-order valence-corrected chi connectivity index (χ1v) is 8.98. The number of pyridine rings is 1. The van der Waals surface area contributed by atoms with E-state index in [-0.39, 0.29) is 30.8 Å². The molecular formula is C19H24N4O4. The average Bonchev–Trinajstić information content (AvgIpc) is 3.33. The molecular weight excluding hydrogens is 348 g/mol. The van der Waals surface area contributed by atoms with Gasteiger partial charge in [0.15, 0.2) is 0 Å². The number of hydrogen-bond acceptors (Lipinski definition) is 7. The van der Waals surface area contributed by atoms with Gasteiger partial charge in [0.1, 0.15) is 18.5 Å². The van der Waals surface area contributed by atoms with E-state index < -0.39 is 18.1 Å². The van der Waals surface area contributed by atoms with Gasteiger partial charge in [0.05, 0.1) is 18.4 Å². The summed E-state index contributed by atoms with van der Waals surface area (Å²) in [5.41, 5.74) is 0.459. The van der Waals surface area contributed by atoms with Crippen LogP contribution in [-0.2, 0) is 14.3 Å². The summed E-state index contributed by atoms with van der Waals surface area (Å²) in [5.74, 6) is 0.115. The number of hydrogen-bond donors (Lipinski definition) is 3. The molecule has 0 spiro atoms. The molecule has 1 aliphatic carbocycles. The number of aliphatic hydroxyl groups excluding tert-OH is 1. The number of carbonyl (C=O) groups excluding carboxylic acids is 2. The number of anilines is 1. The number of carbonyl (C=O) groups is 2. The zero-order chi connectivity index (χ0) is 19.6. The van der Waals surface area contributed by atoms with E-state index in [0.717, 1.165) is 6.42 Å². The second-order valence-electron chi connectivity index (χ2n) is 6.88. The van der Waals surface area contributed by atoms with Crippen molar-refractivity contribution in [1.29, 1.82) is 5.41 Å². The van der Waals surface area contributed by atoms with Crippen LogP contribution in [0.1, 0.15) is 25.3 Å². The summed E-state index contributed by atoms with van der Waals surface area (Å²) >= 11 is 0. The molecule has 2 heterocycles. The molecule has 8 nitrogen and oxygen atoms in total. The molecule has 2 unspecified atom stereocenters. The fourth-order valence-electron chi connectivity index (χ4n) is 3.50. The fourth-order valence-corrected chi connectivity index (χ4v) is 3.50. The summed E-state index contributed by atoms with van der Waals surface area (Å²) in [6.45, 7) is 5.10. The van der Waals surface area contributed by atoms with Crippen LogP contribution in [0.5, 0.6) is 0 Å². The number of aliphatic hydroxyl groups is 1. The van der Waals surface area contributed by atoms with Gasteiger partial charge >= 0.3 is 5.97 Å². The van der Waals surface area contributed by atoms with Gasteiger partial charge in [-0.05, 0) is 37.8 Å². The SMILES string of the molecule is C=CCOC(=O)C1C[C@H]2C[C@H]2N1C(=O)CNc1ncccc1C(=N)C(C)O. The molecule has 3 N–H and O–H groups in total. The quantitative estimate of drug-likeness (QED) is 0.356. The molecule has 2 aliphatic rings. The molecule has 1 aromatic heterocycles. The van der Waals surface area contributed by atoms with E-state index in [0.29, 0.717) is 23.7 Å². The molecule has 0 bridgehead atoms. The number of aromatic nitrogens is 1. The molecule has 144 valence electrons. The van der Waals surface area contributed by atoms with Crippen molar-refractivity contribution in [2.75, 3.05) is 18.5 Å². The zero-order valence-electron chi connectivity index (χ0n) is 15.2. The zero-order valence-corrected chi connectivity index (χ0v) is 15.2. The van der Waals surface area contributed by atoms with E-state index in [9.17, 15) is 14.7 Å². The lowest BCUT2D eigenvalue weighted by molar-refractivity contribution is -0.153. The van der Waals surface area contributed by atoms with Gasteiger partial charge in [-0.1, -0.05) is 12.7 Å². The Kier molecular flexibility index (Phi) is 5.55. The number of amides is 1. The highest BCUT2D eigenvalue weighted by atomic mass is 16.5. The number of esters is 1. The molecule has 3 rings (SSSR count). The number of likely N-dealkylation sites (tertiary alicyclic amines) is 1. The molecule has 27 heavy (non-hydrogen) atoms. The first-order chi connectivity index (χ1) is 12.9. The molecule has 1 amide bonds. The molecule has 1 saturated carbocycles. The van der Waals surface area contributed by atoms with Crippen LogP contribution in [0.3, 0.4) is 0 Å². The van der Waals surface area contributed by atoms with E-state index in [4.69, 9.17) is 10.1 Å². The van der Waals surface area contributed by atoms with Crippen molar-refractivity contribution >= 4 is 23.4 Å². The monoisotopic (exact) mass is 372 g/mol. The van der Waals surface area contributed by atoms with Gasteiger partial charge in [-0.15, -0.1) is 0 Å². The highest BCUT2D eigenvalue weighted by Gasteiger charge is 2.56.